The molecule has 1 saturated heterocycles. The highest BCUT2D eigenvalue weighted by Gasteiger charge is 2.15. The van der Waals surface area contributed by atoms with Crippen LogP contribution in [0.2, 0.25) is 0 Å². The van der Waals surface area contributed by atoms with Crippen LogP contribution in [-0.4, -0.2) is 80.6 Å². The third-order valence-electron chi connectivity index (χ3n) is 4.68. The number of aliphatic hydroxyl groups excluding tert-OH is 1. The molecule has 1 N–H and O–H groups in total. The average molecular weight is 336 g/mol. The van der Waals surface area contributed by atoms with E-state index in [0.717, 1.165) is 51.6 Å². The first kappa shape index (κ1) is 19.2. The molecule has 1 aliphatic rings. The van der Waals surface area contributed by atoms with E-state index in [-0.39, 0.29) is 6.61 Å². The Morgan fingerprint density at radius 1 is 0.917 bits per heavy atom. The molecule has 1 fully saturated rings. The van der Waals surface area contributed by atoms with Crippen LogP contribution in [-0.2, 0) is 4.74 Å². The molecule has 1 heterocycles. The minimum atomic E-state index is 0.253. The van der Waals surface area contributed by atoms with Crippen molar-refractivity contribution < 1.29 is 14.6 Å². The number of nitrogens with zero attached hydrogens (tertiary/aromatic N) is 2. The van der Waals surface area contributed by atoms with Crippen LogP contribution in [0.3, 0.4) is 0 Å². The molecule has 5 nitrogen and oxygen atoms in total. The smallest absolute Gasteiger partial charge is 0.122 e. The number of rotatable bonds is 9. The Balaban J connectivity index is 1.56. The Morgan fingerprint density at radius 3 is 2.25 bits per heavy atom. The Morgan fingerprint density at radius 2 is 1.58 bits per heavy atom. The van der Waals surface area contributed by atoms with Crippen LogP contribution in [0.15, 0.2) is 12.1 Å². The van der Waals surface area contributed by atoms with Gasteiger partial charge in [0.15, 0.2) is 0 Å². The summed E-state index contributed by atoms with van der Waals surface area (Å²) >= 11 is 0. The summed E-state index contributed by atoms with van der Waals surface area (Å²) in [7, 11) is 0. The predicted molar refractivity (Wildman–Crippen MR) is 96.9 cm³/mol. The molecule has 0 saturated carbocycles. The third kappa shape index (κ3) is 6.06. The highest BCUT2D eigenvalue weighted by molar-refractivity contribution is 5.41. The zero-order valence-electron chi connectivity index (χ0n) is 15.4. The van der Waals surface area contributed by atoms with Crippen molar-refractivity contribution in [2.45, 2.75) is 20.8 Å². The van der Waals surface area contributed by atoms with Crippen molar-refractivity contribution in [2.75, 3.05) is 65.7 Å². The first-order valence-electron chi connectivity index (χ1n) is 8.94. The van der Waals surface area contributed by atoms with Gasteiger partial charge in [0.05, 0.1) is 19.8 Å². The SMILES string of the molecule is Cc1cc(C)c(C)c(OCCOCCN2CCN(CCO)CC2)c1. The molecule has 0 spiro atoms. The lowest BCUT2D eigenvalue weighted by Crippen LogP contribution is -2.47. The standard InChI is InChI=1S/C19H32N2O3/c1-16-14-17(2)18(3)19(15-16)24-13-12-23-11-9-21-6-4-20(5-7-21)8-10-22/h14-15,22H,4-13H2,1-3H3. The van der Waals surface area contributed by atoms with Crippen LogP contribution < -0.4 is 4.74 Å². The molecule has 0 bridgehead atoms. The normalized spacial score (nSPS) is 16.5. The number of piperazine rings is 1. The van der Waals surface area contributed by atoms with Gasteiger partial charge in [-0.25, -0.2) is 0 Å². The highest BCUT2D eigenvalue weighted by atomic mass is 16.5. The van der Waals surface area contributed by atoms with E-state index >= 15 is 0 Å². The van der Waals surface area contributed by atoms with Crippen LogP contribution in [0.5, 0.6) is 5.75 Å². The Kier molecular flexibility index (Phi) is 7.99. The van der Waals surface area contributed by atoms with Crippen LogP contribution in [0.4, 0.5) is 0 Å². The molecule has 0 atom stereocenters. The summed E-state index contributed by atoms with van der Waals surface area (Å²) in [4.78, 5) is 4.72. The first-order chi connectivity index (χ1) is 11.6. The second kappa shape index (κ2) is 9.99. The van der Waals surface area contributed by atoms with E-state index in [2.05, 4.69) is 42.7 Å². The summed E-state index contributed by atoms with van der Waals surface area (Å²) < 4.78 is 11.6. The number of hydrogen-bond acceptors (Lipinski definition) is 5. The first-order valence-corrected chi connectivity index (χ1v) is 8.94. The topological polar surface area (TPSA) is 45.2 Å². The lowest BCUT2D eigenvalue weighted by molar-refractivity contribution is 0.0580. The minimum absolute atomic E-state index is 0.253. The van der Waals surface area contributed by atoms with Crippen LogP contribution in [0, 0.1) is 20.8 Å². The summed E-state index contributed by atoms with van der Waals surface area (Å²) in [6.07, 6.45) is 0. The molecule has 0 aromatic heterocycles. The van der Waals surface area contributed by atoms with Crippen molar-refractivity contribution in [1.29, 1.82) is 0 Å². The monoisotopic (exact) mass is 336 g/mol. The van der Waals surface area contributed by atoms with E-state index in [9.17, 15) is 0 Å². The van der Waals surface area contributed by atoms with Gasteiger partial charge in [0.25, 0.3) is 0 Å². The average Bonchev–Trinajstić information content (AvgIpc) is 2.56. The number of benzene rings is 1. The summed E-state index contributed by atoms with van der Waals surface area (Å²) in [6.45, 7) is 14.5. The van der Waals surface area contributed by atoms with E-state index in [1.165, 1.54) is 16.7 Å². The fourth-order valence-electron chi connectivity index (χ4n) is 3.03. The van der Waals surface area contributed by atoms with Gasteiger partial charge in [-0.1, -0.05) is 6.07 Å². The van der Waals surface area contributed by atoms with Crippen molar-refractivity contribution in [3.05, 3.63) is 28.8 Å². The van der Waals surface area contributed by atoms with Crippen molar-refractivity contribution in [1.82, 2.24) is 9.80 Å². The fourth-order valence-corrected chi connectivity index (χ4v) is 3.03. The molecule has 1 aromatic carbocycles. The zero-order valence-corrected chi connectivity index (χ0v) is 15.4. The molecule has 0 radical (unpaired) electrons. The lowest BCUT2D eigenvalue weighted by Gasteiger charge is -2.34. The van der Waals surface area contributed by atoms with Gasteiger partial charge in [-0.3, -0.25) is 9.80 Å². The molecular weight excluding hydrogens is 304 g/mol. The number of aliphatic hydroxyl groups is 1. The minimum Gasteiger partial charge on any atom is -0.491 e. The number of ether oxygens (including phenoxy) is 2. The second-order valence-electron chi connectivity index (χ2n) is 6.57. The third-order valence-corrected chi connectivity index (χ3v) is 4.68. The van der Waals surface area contributed by atoms with Gasteiger partial charge in [0.1, 0.15) is 12.4 Å². The fraction of sp³-hybridized carbons (Fsp3) is 0.684. The van der Waals surface area contributed by atoms with Gasteiger partial charge in [-0.05, 0) is 43.5 Å². The molecule has 136 valence electrons. The lowest BCUT2D eigenvalue weighted by atomic mass is 10.1. The van der Waals surface area contributed by atoms with Gasteiger partial charge in [0, 0.05) is 39.3 Å². The van der Waals surface area contributed by atoms with Crippen molar-refractivity contribution in [3.63, 3.8) is 0 Å². The highest BCUT2D eigenvalue weighted by Crippen LogP contribution is 2.23. The van der Waals surface area contributed by atoms with Crippen LogP contribution in [0.1, 0.15) is 16.7 Å². The number of hydrogen-bond donors (Lipinski definition) is 1. The molecule has 1 aromatic rings. The van der Waals surface area contributed by atoms with E-state index < -0.39 is 0 Å². The molecule has 2 rings (SSSR count). The zero-order chi connectivity index (χ0) is 17.4. The maximum atomic E-state index is 8.95. The van der Waals surface area contributed by atoms with Crippen molar-refractivity contribution in [2.24, 2.45) is 0 Å². The molecule has 1 aliphatic heterocycles. The molecule has 0 aliphatic carbocycles. The van der Waals surface area contributed by atoms with E-state index in [1.807, 2.05) is 0 Å². The van der Waals surface area contributed by atoms with E-state index in [0.29, 0.717) is 13.2 Å². The molecule has 24 heavy (non-hydrogen) atoms. The summed E-state index contributed by atoms with van der Waals surface area (Å²) in [6, 6.07) is 4.27. The van der Waals surface area contributed by atoms with Crippen LogP contribution in [0.25, 0.3) is 0 Å². The van der Waals surface area contributed by atoms with Crippen LogP contribution >= 0.6 is 0 Å². The maximum Gasteiger partial charge on any atom is 0.122 e. The van der Waals surface area contributed by atoms with Gasteiger partial charge < -0.3 is 14.6 Å². The predicted octanol–water partition coefficient (Wildman–Crippen LogP) is 1.62. The number of β-amino-alcohol motifs (C(OH)–C–C–N with tert-alkyl or cyclic N) is 1. The maximum absolute atomic E-state index is 8.95. The Labute approximate surface area is 146 Å². The Hall–Kier alpha value is -1.14. The van der Waals surface area contributed by atoms with Gasteiger partial charge in [0.2, 0.25) is 0 Å². The molecule has 5 heteroatoms. The Bertz CT molecular complexity index is 500. The molecule has 0 amide bonds. The quantitative estimate of drug-likeness (QED) is 0.694. The van der Waals surface area contributed by atoms with Gasteiger partial charge >= 0.3 is 0 Å². The summed E-state index contributed by atoms with van der Waals surface area (Å²) in [5, 5.41) is 8.95. The van der Waals surface area contributed by atoms with E-state index in [4.69, 9.17) is 14.6 Å². The summed E-state index contributed by atoms with van der Waals surface area (Å²) in [5.74, 6) is 0.969. The summed E-state index contributed by atoms with van der Waals surface area (Å²) in [5.41, 5.74) is 3.71. The molecule has 0 unspecified atom stereocenters. The number of aryl methyl sites for hydroxylation is 2. The van der Waals surface area contributed by atoms with Gasteiger partial charge in [-0.2, -0.15) is 0 Å². The van der Waals surface area contributed by atoms with Crippen molar-refractivity contribution in [3.8, 4) is 5.75 Å². The largest absolute Gasteiger partial charge is 0.491 e. The second-order valence-corrected chi connectivity index (χ2v) is 6.57. The van der Waals surface area contributed by atoms with Crippen molar-refractivity contribution >= 4 is 0 Å². The van der Waals surface area contributed by atoms with E-state index in [1.54, 1.807) is 0 Å². The molecular formula is C19H32N2O3. The van der Waals surface area contributed by atoms with Gasteiger partial charge in [-0.15, -0.1) is 0 Å².